The van der Waals surface area contributed by atoms with Gasteiger partial charge in [0.1, 0.15) is 11.4 Å². The maximum absolute atomic E-state index is 5.75. The first kappa shape index (κ1) is 14.4. The molecule has 5 heteroatoms. The van der Waals surface area contributed by atoms with Crippen molar-refractivity contribution in [2.24, 2.45) is 5.92 Å². The Balaban J connectivity index is 1.42. The van der Waals surface area contributed by atoms with Gasteiger partial charge >= 0.3 is 0 Å². The fourth-order valence-electron chi connectivity index (χ4n) is 2.70. The van der Waals surface area contributed by atoms with Gasteiger partial charge in [0, 0.05) is 24.3 Å². The molecule has 2 aromatic rings. The maximum atomic E-state index is 5.75. The molecule has 0 amide bonds. The van der Waals surface area contributed by atoms with Gasteiger partial charge in [0.2, 0.25) is 0 Å². The Morgan fingerprint density at radius 2 is 2.17 bits per heavy atom. The molecule has 1 atom stereocenters. The molecule has 0 radical (unpaired) electrons. The van der Waals surface area contributed by atoms with Crippen molar-refractivity contribution in [1.82, 2.24) is 20.0 Å². The van der Waals surface area contributed by atoms with E-state index in [1.165, 1.54) is 25.7 Å². The smallest absolute Gasteiger partial charge is 0.114 e. The first-order valence-electron chi connectivity index (χ1n) is 8.36. The highest BCUT2D eigenvalue weighted by atomic mass is 16.5. The zero-order valence-corrected chi connectivity index (χ0v) is 13.1. The molecule has 2 aliphatic rings. The van der Waals surface area contributed by atoms with Crippen LogP contribution in [0.4, 0.5) is 0 Å². The summed E-state index contributed by atoms with van der Waals surface area (Å²) in [6.45, 7) is 1.63. The first-order valence-corrected chi connectivity index (χ1v) is 8.36. The number of hydrogen-bond acceptors (Lipinski definition) is 4. The lowest BCUT2D eigenvalue weighted by atomic mass is 10.1. The highest BCUT2D eigenvalue weighted by Gasteiger charge is 2.18. The summed E-state index contributed by atoms with van der Waals surface area (Å²) in [6, 6.07) is 3.96. The van der Waals surface area contributed by atoms with Gasteiger partial charge in [-0.2, -0.15) is 0 Å². The second-order valence-corrected chi connectivity index (χ2v) is 6.29. The first-order chi connectivity index (χ1) is 11.4. The van der Waals surface area contributed by atoms with Crippen molar-refractivity contribution in [2.45, 2.75) is 44.8 Å². The van der Waals surface area contributed by atoms with Crippen LogP contribution in [0.25, 0.3) is 11.3 Å². The zero-order valence-electron chi connectivity index (χ0n) is 13.1. The Morgan fingerprint density at radius 3 is 2.91 bits per heavy atom. The van der Waals surface area contributed by atoms with Crippen LogP contribution in [0, 0.1) is 17.8 Å². The summed E-state index contributed by atoms with van der Waals surface area (Å²) in [5.74, 6) is 6.94. The molecule has 3 heterocycles. The lowest BCUT2D eigenvalue weighted by molar-refractivity contribution is 0.00370. The van der Waals surface area contributed by atoms with Crippen LogP contribution in [-0.2, 0) is 11.3 Å². The molecule has 0 N–H and O–H groups in total. The van der Waals surface area contributed by atoms with Gasteiger partial charge in [-0.1, -0.05) is 11.1 Å². The van der Waals surface area contributed by atoms with Crippen molar-refractivity contribution in [1.29, 1.82) is 0 Å². The van der Waals surface area contributed by atoms with Crippen LogP contribution in [0.15, 0.2) is 24.5 Å². The van der Waals surface area contributed by atoms with Gasteiger partial charge in [-0.15, -0.1) is 5.10 Å². The molecular formula is C18H20N4O. The van der Waals surface area contributed by atoms with E-state index in [4.69, 9.17) is 4.74 Å². The van der Waals surface area contributed by atoms with Crippen molar-refractivity contribution in [3.05, 3.63) is 30.2 Å². The summed E-state index contributed by atoms with van der Waals surface area (Å²) >= 11 is 0. The third-order valence-electron chi connectivity index (χ3n) is 4.24. The molecule has 0 bridgehead atoms. The number of hydrogen-bond donors (Lipinski definition) is 0. The van der Waals surface area contributed by atoms with Crippen molar-refractivity contribution < 1.29 is 4.74 Å². The Labute approximate surface area is 136 Å². The van der Waals surface area contributed by atoms with E-state index in [1.807, 2.05) is 29.2 Å². The number of ether oxygens (including phenoxy) is 1. The SMILES string of the molecule is C(#CC1CC1)c1ccc(-c2cn(CC3CCCCO3)nn2)cn1. The Morgan fingerprint density at radius 1 is 1.22 bits per heavy atom. The molecule has 2 aromatic heterocycles. The molecule has 1 aliphatic heterocycles. The van der Waals surface area contributed by atoms with Gasteiger partial charge in [-0.3, -0.25) is 0 Å². The van der Waals surface area contributed by atoms with E-state index in [9.17, 15) is 0 Å². The van der Waals surface area contributed by atoms with Gasteiger partial charge in [-0.05, 0) is 50.2 Å². The minimum atomic E-state index is 0.261. The molecule has 4 rings (SSSR count). The predicted octanol–water partition coefficient (Wildman–Crippen LogP) is 2.67. The fraction of sp³-hybridized carbons (Fsp3) is 0.500. The van der Waals surface area contributed by atoms with E-state index in [-0.39, 0.29) is 6.10 Å². The monoisotopic (exact) mass is 308 g/mol. The number of nitrogens with zero attached hydrogens (tertiary/aromatic N) is 4. The topological polar surface area (TPSA) is 52.8 Å². The molecule has 1 aliphatic carbocycles. The second kappa shape index (κ2) is 6.51. The lowest BCUT2D eigenvalue weighted by Crippen LogP contribution is -2.24. The minimum absolute atomic E-state index is 0.261. The van der Waals surface area contributed by atoms with Crippen LogP contribution >= 0.6 is 0 Å². The summed E-state index contributed by atoms with van der Waals surface area (Å²) in [7, 11) is 0. The summed E-state index contributed by atoms with van der Waals surface area (Å²) in [5, 5.41) is 8.45. The molecule has 23 heavy (non-hydrogen) atoms. The zero-order chi connectivity index (χ0) is 15.5. The molecule has 1 saturated carbocycles. The molecule has 1 saturated heterocycles. The summed E-state index contributed by atoms with van der Waals surface area (Å²) in [5.41, 5.74) is 2.64. The number of aromatic nitrogens is 4. The third-order valence-corrected chi connectivity index (χ3v) is 4.24. The van der Waals surface area contributed by atoms with Crippen LogP contribution in [0.3, 0.4) is 0 Å². The molecule has 5 nitrogen and oxygen atoms in total. The van der Waals surface area contributed by atoms with Crippen LogP contribution in [0.2, 0.25) is 0 Å². The van der Waals surface area contributed by atoms with Gasteiger partial charge < -0.3 is 4.74 Å². The van der Waals surface area contributed by atoms with Gasteiger partial charge in [0.25, 0.3) is 0 Å². The van der Waals surface area contributed by atoms with Crippen LogP contribution in [0.5, 0.6) is 0 Å². The molecule has 118 valence electrons. The van der Waals surface area contributed by atoms with Gasteiger partial charge in [0.15, 0.2) is 0 Å². The molecular weight excluding hydrogens is 288 g/mol. The van der Waals surface area contributed by atoms with Crippen LogP contribution < -0.4 is 0 Å². The van der Waals surface area contributed by atoms with E-state index < -0.39 is 0 Å². The standard InChI is InChI=1S/C18H20N4O/c1-2-10-23-17(3-1)12-22-13-18(20-21-22)15-7-9-16(19-11-15)8-6-14-4-5-14/h7,9,11,13-14,17H,1-5,10,12H2. The van der Waals surface area contributed by atoms with Crippen molar-refractivity contribution >= 4 is 0 Å². The molecule has 2 fully saturated rings. The van der Waals surface area contributed by atoms with Crippen molar-refractivity contribution in [2.75, 3.05) is 6.61 Å². The van der Waals surface area contributed by atoms with Crippen LogP contribution in [-0.4, -0.2) is 32.7 Å². The Hall–Kier alpha value is -2.19. The van der Waals surface area contributed by atoms with Gasteiger partial charge in [0.05, 0.1) is 18.8 Å². The largest absolute Gasteiger partial charge is 0.376 e. The lowest BCUT2D eigenvalue weighted by Gasteiger charge is -2.21. The number of rotatable bonds is 3. The summed E-state index contributed by atoms with van der Waals surface area (Å²) in [6.07, 6.45) is 10.0. The molecule has 0 spiro atoms. The van der Waals surface area contributed by atoms with Crippen molar-refractivity contribution in [3.8, 4) is 23.1 Å². The second-order valence-electron chi connectivity index (χ2n) is 6.29. The Kier molecular flexibility index (Phi) is 4.08. The van der Waals surface area contributed by atoms with Gasteiger partial charge in [-0.25, -0.2) is 9.67 Å². The normalized spacial score (nSPS) is 20.8. The average Bonchev–Trinajstić information content (AvgIpc) is 3.32. The fourth-order valence-corrected chi connectivity index (χ4v) is 2.70. The molecule has 0 aromatic carbocycles. The molecule has 1 unspecified atom stereocenters. The van der Waals surface area contributed by atoms with E-state index in [0.29, 0.717) is 5.92 Å². The quantitative estimate of drug-likeness (QED) is 0.818. The summed E-state index contributed by atoms with van der Waals surface area (Å²) in [4.78, 5) is 4.40. The number of pyridine rings is 1. The van der Waals surface area contributed by atoms with Crippen molar-refractivity contribution in [3.63, 3.8) is 0 Å². The van der Waals surface area contributed by atoms with E-state index in [2.05, 4.69) is 27.1 Å². The Bertz CT molecular complexity index is 715. The average molecular weight is 308 g/mol. The maximum Gasteiger partial charge on any atom is 0.114 e. The van der Waals surface area contributed by atoms with E-state index in [1.54, 1.807) is 0 Å². The predicted molar refractivity (Wildman–Crippen MR) is 86.4 cm³/mol. The van der Waals surface area contributed by atoms with E-state index >= 15 is 0 Å². The third kappa shape index (κ3) is 3.77. The van der Waals surface area contributed by atoms with E-state index in [0.717, 1.165) is 36.5 Å². The minimum Gasteiger partial charge on any atom is -0.376 e. The highest BCUT2D eigenvalue weighted by Crippen LogP contribution is 2.27. The highest BCUT2D eigenvalue weighted by molar-refractivity contribution is 5.56. The van der Waals surface area contributed by atoms with Crippen LogP contribution in [0.1, 0.15) is 37.8 Å². The summed E-state index contributed by atoms with van der Waals surface area (Å²) < 4.78 is 7.61.